The fourth-order valence-corrected chi connectivity index (χ4v) is 7.02. The van der Waals surface area contributed by atoms with Crippen molar-refractivity contribution >= 4 is 60.8 Å². The normalized spacial score (nSPS) is 15.2. The van der Waals surface area contributed by atoms with Crippen LogP contribution >= 0.6 is 0 Å². The molecule has 6 aromatic carbocycles. The Labute approximate surface area is 241 Å². The van der Waals surface area contributed by atoms with Gasteiger partial charge in [-0.1, -0.05) is 78.9 Å². The van der Waals surface area contributed by atoms with Crippen LogP contribution in [0.1, 0.15) is 11.7 Å². The van der Waals surface area contributed by atoms with E-state index in [1.807, 2.05) is 12.1 Å². The highest BCUT2D eigenvalue weighted by molar-refractivity contribution is 6.25. The number of hydrogen-bond donors (Lipinski definition) is 1. The van der Waals surface area contributed by atoms with Gasteiger partial charge in [0, 0.05) is 27.1 Å². The van der Waals surface area contributed by atoms with Crippen LogP contribution in [-0.4, -0.2) is 10.3 Å². The molecule has 0 spiro atoms. The molecule has 10 rings (SSSR count). The van der Waals surface area contributed by atoms with Crippen LogP contribution in [-0.2, 0) is 0 Å². The molecule has 4 nitrogen and oxygen atoms in total. The van der Waals surface area contributed by atoms with Crippen molar-refractivity contribution < 1.29 is 4.42 Å². The van der Waals surface area contributed by atoms with Crippen LogP contribution in [0.4, 0.5) is 11.4 Å². The van der Waals surface area contributed by atoms with E-state index in [0.717, 1.165) is 39.0 Å². The number of para-hydroxylation sites is 2. The average molecular weight is 538 g/mol. The van der Waals surface area contributed by atoms with Gasteiger partial charge in [0.05, 0.1) is 28.1 Å². The topological polar surface area (TPSA) is 42.5 Å². The molecule has 42 heavy (non-hydrogen) atoms. The van der Waals surface area contributed by atoms with Crippen molar-refractivity contribution in [2.24, 2.45) is 4.99 Å². The van der Waals surface area contributed by atoms with Crippen molar-refractivity contribution in [3.8, 4) is 22.3 Å². The number of nitrogens with zero attached hydrogens (tertiary/aromatic N) is 2. The van der Waals surface area contributed by atoms with Crippen molar-refractivity contribution in [2.45, 2.75) is 6.17 Å². The number of fused-ring (bicyclic) bond motifs is 10. The van der Waals surface area contributed by atoms with E-state index in [1.54, 1.807) is 0 Å². The second-order valence-electron chi connectivity index (χ2n) is 11.3. The summed E-state index contributed by atoms with van der Waals surface area (Å²) in [6.07, 6.45) is -0.0620. The first-order chi connectivity index (χ1) is 20.8. The molecule has 0 fully saturated rings. The number of anilines is 1. The van der Waals surface area contributed by atoms with Gasteiger partial charge >= 0.3 is 0 Å². The fourth-order valence-electron chi connectivity index (χ4n) is 7.02. The smallest absolute Gasteiger partial charge is 0.148 e. The SMILES string of the molecule is c1ccc(-c2ccc3c(c2)N=C2c4cc(-c5ccc6oc7ccccc7c6c5)cc5c6ccccc6n(c45)C2N3)cc1. The van der Waals surface area contributed by atoms with Gasteiger partial charge < -0.3 is 14.3 Å². The van der Waals surface area contributed by atoms with Crippen molar-refractivity contribution in [1.29, 1.82) is 0 Å². The summed E-state index contributed by atoms with van der Waals surface area (Å²) in [4.78, 5) is 5.35. The Hall–Kier alpha value is -5.61. The Morgan fingerprint density at radius 3 is 2.24 bits per heavy atom. The van der Waals surface area contributed by atoms with E-state index in [9.17, 15) is 0 Å². The molecule has 1 unspecified atom stereocenters. The zero-order valence-corrected chi connectivity index (χ0v) is 22.5. The van der Waals surface area contributed by atoms with Gasteiger partial charge in [-0.05, 0) is 70.8 Å². The predicted octanol–water partition coefficient (Wildman–Crippen LogP) is 10.1. The van der Waals surface area contributed by atoms with E-state index in [-0.39, 0.29) is 6.17 Å². The zero-order valence-electron chi connectivity index (χ0n) is 22.5. The van der Waals surface area contributed by atoms with E-state index in [4.69, 9.17) is 9.41 Å². The Bertz CT molecular complexity index is 2440. The van der Waals surface area contributed by atoms with Gasteiger partial charge in [0.1, 0.15) is 17.3 Å². The van der Waals surface area contributed by atoms with Gasteiger partial charge in [0.25, 0.3) is 0 Å². The third kappa shape index (κ3) is 2.93. The van der Waals surface area contributed by atoms with Gasteiger partial charge in [-0.3, -0.25) is 0 Å². The predicted molar refractivity (Wildman–Crippen MR) is 173 cm³/mol. The minimum atomic E-state index is -0.0620. The lowest BCUT2D eigenvalue weighted by Crippen LogP contribution is -2.25. The Balaban J connectivity index is 1.21. The standard InChI is InChI=1S/C38H23N3O/c1-2-8-22(9-3-1)24-14-16-31-32(21-24)39-36-30-20-25(23-15-17-35-28(18-23)27-11-5-7-13-34(27)42-35)19-29-26-10-4-6-12-33(26)41(37(29)30)38(36)40-31/h1-21,38,40H. The first-order valence-corrected chi connectivity index (χ1v) is 14.3. The maximum absolute atomic E-state index is 6.13. The molecule has 1 N–H and O–H groups in total. The molecule has 0 radical (unpaired) electrons. The van der Waals surface area contributed by atoms with E-state index in [1.165, 1.54) is 49.6 Å². The highest BCUT2D eigenvalue weighted by Gasteiger charge is 2.36. The van der Waals surface area contributed by atoms with Gasteiger partial charge in [0.2, 0.25) is 0 Å². The molecular weight excluding hydrogens is 514 g/mol. The van der Waals surface area contributed by atoms with Gasteiger partial charge in [-0.25, -0.2) is 4.99 Å². The molecule has 2 aliphatic rings. The first-order valence-electron chi connectivity index (χ1n) is 14.3. The number of furan rings is 1. The number of aliphatic imine (C=N–C) groups is 1. The summed E-state index contributed by atoms with van der Waals surface area (Å²) < 4.78 is 8.56. The zero-order chi connectivity index (χ0) is 27.4. The lowest BCUT2D eigenvalue weighted by molar-refractivity contribution is 0.669. The van der Waals surface area contributed by atoms with Crippen LogP contribution in [0.15, 0.2) is 137 Å². The van der Waals surface area contributed by atoms with Crippen LogP contribution < -0.4 is 5.32 Å². The van der Waals surface area contributed by atoms with Crippen LogP contribution in [0.2, 0.25) is 0 Å². The maximum atomic E-state index is 6.13. The van der Waals surface area contributed by atoms with Crippen molar-refractivity contribution in [2.75, 3.05) is 5.32 Å². The Kier molecular flexibility index (Phi) is 4.21. The van der Waals surface area contributed by atoms with Crippen molar-refractivity contribution in [3.63, 3.8) is 0 Å². The average Bonchev–Trinajstić information content (AvgIpc) is 3.70. The van der Waals surface area contributed by atoms with Crippen LogP contribution in [0, 0.1) is 0 Å². The molecule has 8 aromatic rings. The first kappa shape index (κ1) is 22.1. The summed E-state index contributed by atoms with van der Waals surface area (Å²) >= 11 is 0. The monoisotopic (exact) mass is 537 g/mol. The minimum absolute atomic E-state index is 0.0620. The summed E-state index contributed by atoms with van der Waals surface area (Å²) in [7, 11) is 0. The van der Waals surface area contributed by atoms with Gasteiger partial charge in [0.15, 0.2) is 0 Å². The van der Waals surface area contributed by atoms with E-state index in [2.05, 4.69) is 125 Å². The fraction of sp³-hybridized carbons (Fsp3) is 0.0263. The van der Waals surface area contributed by atoms with Crippen LogP contribution in [0.3, 0.4) is 0 Å². The Morgan fingerprint density at radius 2 is 1.31 bits per heavy atom. The number of benzene rings is 6. The minimum Gasteiger partial charge on any atom is -0.456 e. The number of rotatable bonds is 2. The third-order valence-corrected chi connectivity index (χ3v) is 8.95. The van der Waals surface area contributed by atoms with Crippen LogP contribution in [0.5, 0.6) is 0 Å². The number of nitrogens with one attached hydrogen (secondary N) is 1. The number of hydrogen-bond acceptors (Lipinski definition) is 3. The van der Waals surface area contributed by atoms with E-state index in [0.29, 0.717) is 0 Å². The van der Waals surface area contributed by atoms with Crippen molar-refractivity contribution in [1.82, 2.24) is 4.57 Å². The molecule has 0 amide bonds. The molecule has 4 heteroatoms. The molecule has 2 aromatic heterocycles. The van der Waals surface area contributed by atoms with Crippen molar-refractivity contribution in [3.05, 3.63) is 133 Å². The lowest BCUT2D eigenvalue weighted by Gasteiger charge is -2.25. The largest absolute Gasteiger partial charge is 0.456 e. The Morgan fingerprint density at radius 1 is 0.571 bits per heavy atom. The molecule has 196 valence electrons. The second kappa shape index (κ2) is 7.99. The number of aromatic nitrogens is 1. The molecule has 0 aliphatic carbocycles. The summed E-state index contributed by atoms with van der Waals surface area (Å²) in [5.74, 6) is 0. The molecule has 4 heterocycles. The highest BCUT2D eigenvalue weighted by Crippen LogP contribution is 2.47. The summed E-state index contributed by atoms with van der Waals surface area (Å²) in [5, 5.41) is 8.64. The molecular formula is C38H23N3O. The quantitative estimate of drug-likeness (QED) is 0.238. The lowest BCUT2D eigenvalue weighted by atomic mass is 9.95. The summed E-state index contributed by atoms with van der Waals surface area (Å²) in [6.45, 7) is 0. The summed E-state index contributed by atoms with van der Waals surface area (Å²) in [5.41, 5.74) is 13.3. The molecule has 2 aliphatic heterocycles. The maximum Gasteiger partial charge on any atom is 0.148 e. The molecule has 0 bridgehead atoms. The van der Waals surface area contributed by atoms with Gasteiger partial charge in [-0.2, -0.15) is 0 Å². The molecule has 1 atom stereocenters. The third-order valence-electron chi connectivity index (χ3n) is 8.95. The molecule has 0 saturated carbocycles. The van der Waals surface area contributed by atoms with E-state index >= 15 is 0 Å². The van der Waals surface area contributed by atoms with Crippen LogP contribution in [0.25, 0.3) is 66.0 Å². The van der Waals surface area contributed by atoms with Gasteiger partial charge in [-0.15, -0.1) is 0 Å². The van der Waals surface area contributed by atoms with E-state index < -0.39 is 0 Å². The molecule has 0 saturated heterocycles. The highest BCUT2D eigenvalue weighted by atomic mass is 16.3. The summed E-state index contributed by atoms with van der Waals surface area (Å²) in [6, 6.07) is 45.2. The second-order valence-corrected chi connectivity index (χ2v) is 11.3.